The van der Waals surface area contributed by atoms with Crippen molar-refractivity contribution in [3.05, 3.63) is 11.7 Å². The molecule has 19 heavy (non-hydrogen) atoms. The Balaban J connectivity index is 2.00. The van der Waals surface area contributed by atoms with Crippen LogP contribution in [0.1, 0.15) is 25.1 Å². The van der Waals surface area contributed by atoms with Crippen molar-refractivity contribution in [1.29, 1.82) is 0 Å². The zero-order valence-corrected chi connectivity index (χ0v) is 11.5. The summed E-state index contributed by atoms with van der Waals surface area (Å²) in [6.07, 6.45) is 1.78. The lowest BCUT2D eigenvalue weighted by Crippen LogP contribution is -2.57. The molecule has 7 heteroatoms. The molecule has 1 atom stereocenters. The van der Waals surface area contributed by atoms with Gasteiger partial charge in [-0.1, -0.05) is 12.1 Å². The number of nitrogens with one attached hydrogen (secondary N) is 2. The van der Waals surface area contributed by atoms with Crippen LogP contribution >= 0.6 is 0 Å². The molecular formula is C12H21N5O2. The van der Waals surface area contributed by atoms with E-state index in [2.05, 4.69) is 32.6 Å². The molecule has 1 aliphatic heterocycles. The first-order valence-electron chi connectivity index (χ1n) is 6.72. The molecule has 7 nitrogen and oxygen atoms in total. The molecule has 2 heterocycles. The van der Waals surface area contributed by atoms with Crippen LogP contribution in [0, 0.1) is 0 Å². The van der Waals surface area contributed by atoms with Crippen molar-refractivity contribution in [2.24, 2.45) is 0 Å². The van der Waals surface area contributed by atoms with Gasteiger partial charge in [-0.3, -0.25) is 9.69 Å². The van der Waals surface area contributed by atoms with Gasteiger partial charge in [0.2, 0.25) is 11.8 Å². The van der Waals surface area contributed by atoms with Gasteiger partial charge in [-0.2, -0.15) is 4.98 Å². The fourth-order valence-electron chi connectivity index (χ4n) is 2.21. The molecular weight excluding hydrogens is 246 g/mol. The second-order valence-electron chi connectivity index (χ2n) is 4.66. The quantitative estimate of drug-likeness (QED) is 0.751. The predicted octanol–water partition coefficient (Wildman–Crippen LogP) is -0.458. The number of nitrogens with zero attached hydrogens (tertiary/aromatic N) is 3. The van der Waals surface area contributed by atoms with Crippen LogP contribution in [0.2, 0.25) is 0 Å². The number of amides is 1. The van der Waals surface area contributed by atoms with Gasteiger partial charge in [0.05, 0.1) is 6.54 Å². The maximum atomic E-state index is 11.8. The summed E-state index contributed by atoms with van der Waals surface area (Å²) in [5.41, 5.74) is 0. The number of carbonyl (C=O) groups is 1. The molecule has 1 aliphatic rings. The monoisotopic (exact) mass is 267 g/mol. The maximum absolute atomic E-state index is 11.8. The van der Waals surface area contributed by atoms with E-state index in [9.17, 15) is 4.79 Å². The molecule has 0 bridgehead atoms. The van der Waals surface area contributed by atoms with Crippen molar-refractivity contribution >= 4 is 5.91 Å². The number of hydrogen-bond donors (Lipinski definition) is 2. The molecule has 106 valence electrons. The average molecular weight is 267 g/mol. The van der Waals surface area contributed by atoms with Crippen LogP contribution in [-0.4, -0.2) is 53.7 Å². The number of aryl methyl sites for hydroxylation is 1. The van der Waals surface area contributed by atoms with Crippen molar-refractivity contribution in [2.45, 2.75) is 32.4 Å². The Morgan fingerprint density at radius 2 is 2.47 bits per heavy atom. The van der Waals surface area contributed by atoms with E-state index in [0.29, 0.717) is 24.8 Å². The van der Waals surface area contributed by atoms with Crippen LogP contribution in [0.4, 0.5) is 0 Å². The minimum atomic E-state index is -0.174. The summed E-state index contributed by atoms with van der Waals surface area (Å²) in [5.74, 6) is 1.34. The lowest BCUT2D eigenvalue weighted by atomic mass is 10.1. The van der Waals surface area contributed by atoms with Crippen molar-refractivity contribution in [3.63, 3.8) is 0 Å². The molecule has 1 saturated heterocycles. The highest BCUT2D eigenvalue weighted by molar-refractivity contribution is 5.81. The van der Waals surface area contributed by atoms with Gasteiger partial charge in [0, 0.05) is 33.1 Å². The van der Waals surface area contributed by atoms with Crippen molar-refractivity contribution in [1.82, 2.24) is 25.7 Å². The summed E-state index contributed by atoms with van der Waals surface area (Å²) in [7, 11) is 1.66. The highest BCUT2D eigenvalue weighted by Crippen LogP contribution is 2.09. The van der Waals surface area contributed by atoms with Crippen LogP contribution < -0.4 is 10.6 Å². The summed E-state index contributed by atoms with van der Waals surface area (Å²) in [6.45, 7) is 4.94. The van der Waals surface area contributed by atoms with Gasteiger partial charge in [0.25, 0.3) is 0 Å². The van der Waals surface area contributed by atoms with E-state index in [1.54, 1.807) is 7.05 Å². The zero-order chi connectivity index (χ0) is 13.7. The van der Waals surface area contributed by atoms with E-state index in [1.165, 1.54) is 0 Å². The smallest absolute Gasteiger partial charge is 0.238 e. The SMILES string of the molecule is CCCc1nc(CN2CCNCC2C(=O)NC)no1. The van der Waals surface area contributed by atoms with Gasteiger partial charge < -0.3 is 15.2 Å². The number of rotatable bonds is 5. The van der Waals surface area contributed by atoms with Crippen LogP contribution in [0.15, 0.2) is 4.52 Å². The standard InChI is InChI=1S/C12H21N5O2/c1-3-4-11-15-10(16-19-11)8-17-6-5-14-7-9(17)12(18)13-2/h9,14H,3-8H2,1-2H3,(H,13,18). The lowest BCUT2D eigenvalue weighted by Gasteiger charge is -2.33. The second-order valence-corrected chi connectivity index (χ2v) is 4.66. The highest BCUT2D eigenvalue weighted by atomic mass is 16.5. The Bertz CT molecular complexity index is 420. The molecule has 1 fully saturated rings. The summed E-state index contributed by atoms with van der Waals surface area (Å²) in [4.78, 5) is 18.2. The molecule has 1 unspecified atom stereocenters. The van der Waals surface area contributed by atoms with E-state index < -0.39 is 0 Å². The fourth-order valence-corrected chi connectivity index (χ4v) is 2.21. The first kappa shape index (κ1) is 14.0. The summed E-state index contributed by atoms with van der Waals surface area (Å²) in [6, 6.07) is -0.174. The Morgan fingerprint density at radius 1 is 1.63 bits per heavy atom. The Kier molecular flexibility index (Phi) is 4.86. The fraction of sp³-hybridized carbons (Fsp3) is 0.750. The summed E-state index contributed by atoms with van der Waals surface area (Å²) < 4.78 is 5.16. The normalized spacial score (nSPS) is 20.4. The molecule has 1 aromatic rings. The predicted molar refractivity (Wildman–Crippen MR) is 69.4 cm³/mol. The van der Waals surface area contributed by atoms with Gasteiger partial charge in [-0.15, -0.1) is 0 Å². The third-order valence-corrected chi connectivity index (χ3v) is 3.22. The van der Waals surface area contributed by atoms with Crippen LogP contribution in [-0.2, 0) is 17.8 Å². The third kappa shape index (κ3) is 3.51. The first-order chi connectivity index (χ1) is 9.24. The van der Waals surface area contributed by atoms with Gasteiger partial charge in [-0.25, -0.2) is 0 Å². The number of likely N-dealkylation sites (N-methyl/N-ethyl adjacent to an activating group) is 1. The Hall–Kier alpha value is -1.47. The van der Waals surface area contributed by atoms with E-state index in [4.69, 9.17) is 4.52 Å². The van der Waals surface area contributed by atoms with Crippen molar-refractivity contribution in [3.8, 4) is 0 Å². The molecule has 0 spiro atoms. The van der Waals surface area contributed by atoms with Crippen LogP contribution in [0.3, 0.4) is 0 Å². The number of aromatic nitrogens is 2. The zero-order valence-electron chi connectivity index (χ0n) is 11.5. The number of piperazine rings is 1. The Labute approximate surface area is 112 Å². The summed E-state index contributed by atoms with van der Waals surface area (Å²) >= 11 is 0. The average Bonchev–Trinajstić information content (AvgIpc) is 2.86. The molecule has 1 aromatic heterocycles. The third-order valence-electron chi connectivity index (χ3n) is 3.22. The molecule has 0 aliphatic carbocycles. The van der Waals surface area contributed by atoms with E-state index in [0.717, 1.165) is 25.9 Å². The van der Waals surface area contributed by atoms with E-state index >= 15 is 0 Å². The van der Waals surface area contributed by atoms with Gasteiger partial charge >= 0.3 is 0 Å². The topological polar surface area (TPSA) is 83.3 Å². The molecule has 2 rings (SSSR count). The maximum Gasteiger partial charge on any atom is 0.238 e. The molecule has 2 N–H and O–H groups in total. The highest BCUT2D eigenvalue weighted by Gasteiger charge is 2.28. The van der Waals surface area contributed by atoms with Crippen molar-refractivity contribution < 1.29 is 9.32 Å². The van der Waals surface area contributed by atoms with Gasteiger partial charge in [-0.05, 0) is 6.42 Å². The largest absolute Gasteiger partial charge is 0.358 e. The molecule has 0 aromatic carbocycles. The minimum absolute atomic E-state index is 0.0180. The minimum Gasteiger partial charge on any atom is -0.358 e. The van der Waals surface area contributed by atoms with Gasteiger partial charge in [0.15, 0.2) is 5.82 Å². The molecule has 0 saturated carbocycles. The molecule has 1 amide bonds. The van der Waals surface area contributed by atoms with Gasteiger partial charge in [0.1, 0.15) is 6.04 Å². The van der Waals surface area contributed by atoms with Crippen LogP contribution in [0.5, 0.6) is 0 Å². The van der Waals surface area contributed by atoms with Crippen LogP contribution in [0.25, 0.3) is 0 Å². The second kappa shape index (κ2) is 6.63. The number of carbonyl (C=O) groups excluding carboxylic acids is 1. The summed E-state index contributed by atoms with van der Waals surface area (Å²) in [5, 5.41) is 9.88. The van der Waals surface area contributed by atoms with Crippen molar-refractivity contribution in [2.75, 3.05) is 26.7 Å². The first-order valence-corrected chi connectivity index (χ1v) is 6.72. The lowest BCUT2D eigenvalue weighted by molar-refractivity contribution is -0.126. The van der Waals surface area contributed by atoms with E-state index in [1.807, 2.05) is 0 Å². The molecule has 0 radical (unpaired) electrons. The number of hydrogen-bond acceptors (Lipinski definition) is 6. The Morgan fingerprint density at radius 3 is 3.21 bits per heavy atom. The van der Waals surface area contributed by atoms with E-state index in [-0.39, 0.29) is 11.9 Å².